The third kappa shape index (κ3) is 7.19. The van der Waals surface area contributed by atoms with Crippen LogP contribution in [0.3, 0.4) is 0 Å². The van der Waals surface area contributed by atoms with E-state index in [0.717, 1.165) is 0 Å². The van der Waals surface area contributed by atoms with Crippen LogP contribution in [0.4, 0.5) is 20.7 Å². The molecule has 0 spiro atoms. The standard InChI is InChI=1S/C23H19ClFN5O3/c24-17-5-8-20(33-11-1-10-27-22(31)16-3-6-18(25)7-4-16)19(12-17)29-23(32)30-21-9-2-15(13-26)14-28-21/h2-9,12,14H,1,10-11H2,(H,27,31)(H2,28,29,30,32). The lowest BCUT2D eigenvalue weighted by Crippen LogP contribution is -2.25. The highest BCUT2D eigenvalue weighted by Gasteiger charge is 2.10. The van der Waals surface area contributed by atoms with Gasteiger partial charge < -0.3 is 15.4 Å². The molecular formula is C23H19ClFN5O3. The Balaban J connectivity index is 1.49. The van der Waals surface area contributed by atoms with Gasteiger partial charge in [-0.3, -0.25) is 10.1 Å². The molecule has 8 nitrogen and oxygen atoms in total. The second kappa shape index (κ2) is 11.5. The zero-order chi connectivity index (χ0) is 23.6. The summed E-state index contributed by atoms with van der Waals surface area (Å²) in [5.74, 6) is -0.0498. The molecule has 1 aromatic heterocycles. The summed E-state index contributed by atoms with van der Waals surface area (Å²) >= 11 is 6.04. The highest BCUT2D eigenvalue weighted by molar-refractivity contribution is 6.31. The Morgan fingerprint density at radius 3 is 2.58 bits per heavy atom. The molecule has 0 aliphatic carbocycles. The van der Waals surface area contributed by atoms with E-state index in [1.165, 1.54) is 42.6 Å². The minimum Gasteiger partial charge on any atom is -0.491 e. The Hall–Kier alpha value is -4.16. The summed E-state index contributed by atoms with van der Waals surface area (Å²) < 4.78 is 18.7. The van der Waals surface area contributed by atoms with Crippen molar-refractivity contribution in [3.05, 3.63) is 82.8 Å². The Kier molecular flexibility index (Phi) is 8.16. The van der Waals surface area contributed by atoms with Crippen molar-refractivity contribution in [2.75, 3.05) is 23.8 Å². The summed E-state index contributed by atoms with van der Waals surface area (Å²) in [5.41, 5.74) is 1.09. The molecule has 2 aromatic carbocycles. The molecule has 10 heteroatoms. The normalized spacial score (nSPS) is 10.1. The molecule has 0 aliphatic rings. The Bertz CT molecular complexity index is 1160. The van der Waals surface area contributed by atoms with Crippen molar-refractivity contribution in [3.8, 4) is 11.8 Å². The van der Waals surface area contributed by atoms with Crippen LogP contribution >= 0.6 is 11.6 Å². The van der Waals surface area contributed by atoms with E-state index in [0.29, 0.717) is 40.6 Å². The number of rotatable bonds is 8. The van der Waals surface area contributed by atoms with Crippen molar-refractivity contribution in [2.45, 2.75) is 6.42 Å². The van der Waals surface area contributed by atoms with E-state index in [4.69, 9.17) is 21.6 Å². The number of hydrogen-bond acceptors (Lipinski definition) is 5. The number of anilines is 2. The van der Waals surface area contributed by atoms with Crippen LogP contribution in [-0.4, -0.2) is 30.1 Å². The van der Waals surface area contributed by atoms with Crippen LogP contribution in [0.5, 0.6) is 5.75 Å². The van der Waals surface area contributed by atoms with Crippen molar-refractivity contribution >= 4 is 35.0 Å². The molecule has 0 atom stereocenters. The third-order valence-electron chi connectivity index (χ3n) is 4.29. The van der Waals surface area contributed by atoms with Gasteiger partial charge in [0.2, 0.25) is 0 Å². The first-order valence-electron chi connectivity index (χ1n) is 9.85. The summed E-state index contributed by atoms with van der Waals surface area (Å²) in [7, 11) is 0. The van der Waals surface area contributed by atoms with E-state index < -0.39 is 11.8 Å². The van der Waals surface area contributed by atoms with Gasteiger partial charge in [0.15, 0.2) is 0 Å². The van der Waals surface area contributed by atoms with Crippen LogP contribution in [0.25, 0.3) is 0 Å². The predicted octanol–water partition coefficient (Wildman–Crippen LogP) is 4.59. The number of amides is 3. The van der Waals surface area contributed by atoms with E-state index in [9.17, 15) is 14.0 Å². The number of nitrogens with one attached hydrogen (secondary N) is 3. The highest BCUT2D eigenvalue weighted by atomic mass is 35.5. The summed E-state index contributed by atoms with van der Waals surface area (Å²) in [6, 6.07) is 14.5. The van der Waals surface area contributed by atoms with Gasteiger partial charge in [-0.1, -0.05) is 11.6 Å². The number of hydrogen-bond donors (Lipinski definition) is 3. The molecule has 3 aromatic rings. The van der Waals surface area contributed by atoms with E-state index in [1.807, 2.05) is 6.07 Å². The van der Waals surface area contributed by atoms with E-state index in [-0.39, 0.29) is 18.3 Å². The van der Waals surface area contributed by atoms with Crippen molar-refractivity contribution in [3.63, 3.8) is 0 Å². The lowest BCUT2D eigenvalue weighted by atomic mass is 10.2. The van der Waals surface area contributed by atoms with E-state index >= 15 is 0 Å². The van der Waals surface area contributed by atoms with Crippen molar-refractivity contribution in [2.24, 2.45) is 0 Å². The van der Waals surface area contributed by atoms with Crippen molar-refractivity contribution in [1.29, 1.82) is 5.26 Å². The quantitative estimate of drug-likeness (QED) is 0.419. The summed E-state index contributed by atoms with van der Waals surface area (Å²) in [5, 5.41) is 17.1. The molecule has 0 unspecified atom stereocenters. The number of halogens is 2. The molecule has 0 bridgehead atoms. The molecule has 3 N–H and O–H groups in total. The molecule has 3 amide bonds. The number of carbonyl (C=O) groups is 2. The molecule has 0 saturated heterocycles. The number of nitrogens with zero attached hydrogens (tertiary/aromatic N) is 2. The minimum absolute atomic E-state index is 0.263. The van der Waals surface area contributed by atoms with Crippen LogP contribution in [0, 0.1) is 17.1 Å². The number of aromatic nitrogens is 1. The molecule has 0 fully saturated rings. The van der Waals surface area contributed by atoms with Crippen LogP contribution in [0.2, 0.25) is 5.02 Å². The van der Waals surface area contributed by atoms with Gasteiger partial charge in [-0.05, 0) is 61.0 Å². The largest absolute Gasteiger partial charge is 0.491 e. The smallest absolute Gasteiger partial charge is 0.324 e. The van der Waals surface area contributed by atoms with Crippen molar-refractivity contribution < 1.29 is 18.7 Å². The van der Waals surface area contributed by atoms with Gasteiger partial charge in [0.1, 0.15) is 23.5 Å². The Morgan fingerprint density at radius 2 is 1.88 bits per heavy atom. The fraction of sp³-hybridized carbons (Fsp3) is 0.130. The predicted molar refractivity (Wildman–Crippen MR) is 122 cm³/mol. The number of ether oxygens (including phenoxy) is 1. The fourth-order valence-corrected chi connectivity index (χ4v) is 2.86. The average Bonchev–Trinajstić information content (AvgIpc) is 2.81. The van der Waals surface area contributed by atoms with Crippen LogP contribution in [0.1, 0.15) is 22.3 Å². The Morgan fingerprint density at radius 1 is 1.09 bits per heavy atom. The first kappa shape index (κ1) is 23.5. The zero-order valence-electron chi connectivity index (χ0n) is 17.3. The summed E-state index contributed by atoms with van der Waals surface area (Å²) in [6.07, 6.45) is 1.84. The number of carbonyl (C=O) groups excluding carboxylic acids is 2. The second-order valence-electron chi connectivity index (χ2n) is 6.73. The van der Waals surface area contributed by atoms with Gasteiger partial charge in [0.05, 0.1) is 17.9 Å². The molecule has 168 valence electrons. The molecular weight excluding hydrogens is 449 g/mol. The molecule has 3 rings (SSSR count). The summed E-state index contributed by atoms with van der Waals surface area (Å²) in [6.45, 7) is 0.607. The van der Waals surface area contributed by atoms with E-state index in [1.54, 1.807) is 18.2 Å². The SMILES string of the molecule is N#Cc1ccc(NC(=O)Nc2cc(Cl)ccc2OCCCNC(=O)c2ccc(F)cc2)nc1. The number of benzene rings is 2. The van der Waals surface area contributed by atoms with Crippen LogP contribution < -0.4 is 20.7 Å². The highest BCUT2D eigenvalue weighted by Crippen LogP contribution is 2.28. The first-order valence-corrected chi connectivity index (χ1v) is 10.2. The molecule has 0 aliphatic heterocycles. The number of nitriles is 1. The molecule has 0 radical (unpaired) electrons. The minimum atomic E-state index is -0.564. The lowest BCUT2D eigenvalue weighted by Gasteiger charge is -2.14. The van der Waals surface area contributed by atoms with Crippen LogP contribution in [0.15, 0.2) is 60.8 Å². The van der Waals surface area contributed by atoms with Gasteiger partial charge in [-0.2, -0.15) is 5.26 Å². The van der Waals surface area contributed by atoms with Gasteiger partial charge in [0, 0.05) is 23.3 Å². The summed E-state index contributed by atoms with van der Waals surface area (Å²) in [4.78, 5) is 28.3. The van der Waals surface area contributed by atoms with Gasteiger partial charge >= 0.3 is 6.03 Å². The Labute approximate surface area is 194 Å². The number of pyridine rings is 1. The monoisotopic (exact) mass is 467 g/mol. The average molecular weight is 468 g/mol. The maximum Gasteiger partial charge on any atom is 0.324 e. The second-order valence-corrected chi connectivity index (χ2v) is 7.16. The number of urea groups is 1. The van der Waals surface area contributed by atoms with Gasteiger partial charge in [0.25, 0.3) is 5.91 Å². The lowest BCUT2D eigenvalue weighted by molar-refractivity contribution is 0.0951. The third-order valence-corrected chi connectivity index (χ3v) is 4.53. The zero-order valence-corrected chi connectivity index (χ0v) is 18.0. The van der Waals surface area contributed by atoms with Gasteiger partial charge in [-0.25, -0.2) is 14.2 Å². The first-order chi connectivity index (χ1) is 15.9. The topological polar surface area (TPSA) is 116 Å². The maximum absolute atomic E-state index is 12.9. The van der Waals surface area contributed by atoms with Crippen LogP contribution in [-0.2, 0) is 0 Å². The molecule has 0 saturated carbocycles. The molecule has 33 heavy (non-hydrogen) atoms. The van der Waals surface area contributed by atoms with Crippen molar-refractivity contribution in [1.82, 2.24) is 10.3 Å². The van der Waals surface area contributed by atoms with E-state index in [2.05, 4.69) is 20.9 Å². The fourth-order valence-electron chi connectivity index (χ4n) is 2.69. The molecule has 1 heterocycles. The van der Waals surface area contributed by atoms with Gasteiger partial charge in [-0.15, -0.1) is 0 Å². The maximum atomic E-state index is 12.9.